The lowest BCUT2D eigenvalue weighted by atomic mass is 10.0. The highest BCUT2D eigenvalue weighted by Gasteiger charge is 2.29. The van der Waals surface area contributed by atoms with E-state index in [9.17, 15) is 23.2 Å². The van der Waals surface area contributed by atoms with E-state index in [-0.39, 0.29) is 45.5 Å². The molecule has 3 heterocycles. The van der Waals surface area contributed by atoms with E-state index in [1.807, 2.05) is 0 Å². The zero-order chi connectivity index (χ0) is 29.6. The molecule has 2 aromatic carbocycles. The van der Waals surface area contributed by atoms with E-state index in [1.54, 1.807) is 67.8 Å². The van der Waals surface area contributed by atoms with Crippen molar-refractivity contribution in [2.75, 3.05) is 5.32 Å². The van der Waals surface area contributed by atoms with Crippen molar-refractivity contribution in [2.24, 2.45) is 12.8 Å². The first-order valence-electron chi connectivity index (χ1n) is 12.8. The number of nitrogens with one attached hydrogen (secondary N) is 1. The third-order valence-corrected chi connectivity index (χ3v) is 6.93. The molecule has 0 aliphatic carbocycles. The molecule has 9 nitrogen and oxygen atoms in total. The van der Waals surface area contributed by atoms with E-state index < -0.39 is 18.2 Å². The number of rotatable bonds is 7. The number of benzene rings is 2. The molecule has 11 heteroatoms. The molecule has 0 aliphatic rings. The first-order chi connectivity index (χ1) is 19.5. The standard InChI is InChI=1S/C30H27F2N5O4/c1-5-37-25(18-11-9-17(10-12-18)22-16(3)41-36(4)30(22)40)23(27(31)32)21-13-15(2)34-24(26(21)37)29(39)35-20-8-6-7-19(14-20)28(33)38/h6-14,27H,5H2,1-4H3,(H2,33,38)(H,35,39). The number of halogens is 2. The van der Waals surface area contributed by atoms with Crippen molar-refractivity contribution in [3.8, 4) is 22.4 Å². The monoisotopic (exact) mass is 559 g/mol. The molecule has 3 N–H and O–H groups in total. The Morgan fingerprint density at radius 2 is 1.76 bits per heavy atom. The topological polar surface area (TPSA) is 125 Å². The van der Waals surface area contributed by atoms with Gasteiger partial charge in [0, 0.05) is 35.9 Å². The fraction of sp³-hybridized carbons (Fsp3) is 0.200. The quantitative estimate of drug-likeness (QED) is 0.269. The third kappa shape index (κ3) is 4.79. The fourth-order valence-electron chi connectivity index (χ4n) is 5.20. The highest BCUT2D eigenvalue weighted by atomic mass is 19.3. The van der Waals surface area contributed by atoms with Gasteiger partial charge in [-0.2, -0.15) is 4.74 Å². The summed E-state index contributed by atoms with van der Waals surface area (Å²) in [7, 11) is 1.51. The maximum atomic E-state index is 14.7. The molecular weight excluding hydrogens is 532 g/mol. The summed E-state index contributed by atoms with van der Waals surface area (Å²) in [5.41, 5.74) is 7.68. The number of nitrogens with two attached hydrogens (primary N) is 1. The van der Waals surface area contributed by atoms with E-state index >= 15 is 0 Å². The Labute approximate surface area is 233 Å². The lowest BCUT2D eigenvalue weighted by Gasteiger charge is -2.13. The van der Waals surface area contributed by atoms with Gasteiger partial charge < -0.3 is 20.1 Å². The first-order valence-corrected chi connectivity index (χ1v) is 12.8. The number of aryl methyl sites for hydroxylation is 4. The molecule has 0 aliphatic heterocycles. The zero-order valence-corrected chi connectivity index (χ0v) is 22.8. The number of aromatic nitrogens is 3. The van der Waals surface area contributed by atoms with Gasteiger partial charge in [-0.25, -0.2) is 13.8 Å². The van der Waals surface area contributed by atoms with Gasteiger partial charge in [-0.3, -0.25) is 14.4 Å². The van der Waals surface area contributed by atoms with Crippen molar-refractivity contribution >= 4 is 28.4 Å². The van der Waals surface area contributed by atoms with E-state index in [0.717, 1.165) is 4.74 Å². The van der Waals surface area contributed by atoms with Gasteiger partial charge in [0.05, 0.1) is 22.3 Å². The Morgan fingerprint density at radius 1 is 1.07 bits per heavy atom. The van der Waals surface area contributed by atoms with Crippen LogP contribution in [-0.2, 0) is 13.6 Å². The van der Waals surface area contributed by atoms with Crippen molar-refractivity contribution in [1.82, 2.24) is 14.3 Å². The van der Waals surface area contributed by atoms with Crippen LogP contribution in [0.4, 0.5) is 14.5 Å². The fourth-order valence-corrected chi connectivity index (χ4v) is 5.20. The Morgan fingerprint density at radius 3 is 2.34 bits per heavy atom. The summed E-state index contributed by atoms with van der Waals surface area (Å²) in [4.78, 5) is 42.0. The summed E-state index contributed by atoms with van der Waals surface area (Å²) in [6, 6.07) is 14.4. The van der Waals surface area contributed by atoms with Gasteiger partial charge in [0.1, 0.15) is 5.76 Å². The number of carbonyl (C=O) groups excluding carboxylic acids is 2. The smallest absolute Gasteiger partial charge is 0.290 e. The summed E-state index contributed by atoms with van der Waals surface area (Å²) in [5, 5.41) is 2.92. The zero-order valence-electron chi connectivity index (χ0n) is 22.8. The molecule has 0 bridgehead atoms. The second kappa shape index (κ2) is 10.5. The highest BCUT2D eigenvalue weighted by Crippen LogP contribution is 2.41. The minimum absolute atomic E-state index is 0.0337. The highest BCUT2D eigenvalue weighted by molar-refractivity contribution is 6.12. The van der Waals surface area contributed by atoms with Crippen molar-refractivity contribution in [2.45, 2.75) is 33.7 Å². The summed E-state index contributed by atoms with van der Waals surface area (Å²) >= 11 is 0. The summed E-state index contributed by atoms with van der Waals surface area (Å²) in [6.45, 7) is 5.37. The lowest BCUT2D eigenvalue weighted by molar-refractivity contribution is 0.0995. The van der Waals surface area contributed by atoms with Gasteiger partial charge >= 0.3 is 0 Å². The van der Waals surface area contributed by atoms with Crippen molar-refractivity contribution in [3.05, 3.63) is 93.2 Å². The number of hydrogen-bond donors (Lipinski definition) is 2. The molecule has 0 radical (unpaired) electrons. The minimum atomic E-state index is -2.85. The van der Waals surface area contributed by atoms with Crippen LogP contribution in [-0.4, -0.2) is 26.1 Å². The van der Waals surface area contributed by atoms with Crippen LogP contribution in [0.15, 0.2) is 63.9 Å². The van der Waals surface area contributed by atoms with Crippen LogP contribution in [0.5, 0.6) is 0 Å². The van der Waals surface area contributed by atoms with Crippen LogP contribution in [0, 0.1) is 13.8 Å². The normalized spacial score (nSPS) is 11.4. The molecule has 41 heavy (non-hydrogen) atoms. The van der Waals surface area contributed by atoms with Gasteiger partial charge in [-0.15, -0.1) is 0 Å². The molecule has 2 amide bonds. The molecule has 3 aromatic heterocycles. The molecule has 5 rings (SSSR count). The molecule has 0 unspecified atom stereocenters. The van der Waals surface area contributed by atoms with Crippen molar-refractivity contribution in [1.29, 1.82) is 0 Å². The van der Waals surface area contributed by atoms with E-state index in [2.05, 4.69) is 10.3 Å². The Hall–Kier alpha value is -5.06. The Kier molecular flexibility index (Phi) is 7.04. The molecule has 0 saturated heterocycles. The van der Waals surface area contributed by atoms with E-state index in [1.165, 1.54) is 19.2 Å². The molecule has 0 fully saturated rings. The Balaban J connectivity index is 1.67. The molecule has 0 spiro atoms. The molecular formula is C30H27F2N5O4. The maximum Gasteiger partial charge on any atom is 0.290 e. The predicted octanol–water partition coefficient (Wildman–Crippen LogP) is 5.59. The van der Waals surface area contributed by atoms with Crippen LogP contribution in [0.1, 0.15) is 51.2 Å². The summed E-state index contributed by atoms with van der Waals surface area (Å²) in [5.74, 6) is -0.834. The van der Waals surface area contributed by atoms with Gasteiger partial charge in [-0.05, 0) is 56.2 Å². The first kappa shape index (κ1) is 27.5. The van der Waals surface area contributed by atoms with E-state index in [4.69, 9.17) is 10.3 Å². The van der Waals surface area contributed by atoms with Crippen LogP contribution >= 0.6 is 0 Å². The number of anilines is 1. The molecule has 210 valence electrons. The SMILES string of the molecule is CCn1c(-c2ccc(-c3c(C)on(C)c3=O)cc2)c(C(F)F)c2cc(C)nc(C(=O)Nc3cccc(C(N)=O)c3)c21. The largest absolute Gasteiger partial charge is 0.381 e. The number of nitrogens with zero attached hydrogens (tertiary/aromatic N) is 3. The van der Waals surface area contributed by atoms with Crippen LogP contribution in [0.2, 0.25) is 0 Å². The molecule has 0 saturated carbocycles. The number of alkyl halides is 2. The number of carbonyl (C=O) groups is 2. The van der Waals surface area contributed by atoms with Gasteiger partial charge in [0.15, 0.2) is 5.69 Å². The summed E-state index contributed by atoms with van der Waals surface area (Å²) < 4.78 is 37.6. The number of hydrogen-bond acceptors (Lipinski definition) is 5. The van der Waals surface area contributed by atoms with Crippen LogP contribution in [0.3, 0.4) is 0 Å². The number of amides is 2. The van der Waals surface area contributed by atoms with Gasteiger partial charge in [0.25, 0.3) is 17.9 Å². The maximum absolute atomic E-state index is 14.7. The minimum Gasteiger partial charge on any atom is -0.381 e. The average Bonchev–Trinajstić information content (AvgIpc) is 3.40. The second-order valence-corrected chi connectivity index (χ2v) is 9.62. The number of fused-ring (bicyclic) bond motifs is 1. The van der Waals surface area contributed by atoms with Gasteiger partial charge in [-0.1, -0.05) is 30.3 Å². The third-order valence-electron chi connectivity index (χ3n) is 6.93. The predicted molar refractivity (Wildman–Crippen MR) is 151 cm³/mol. The molecule has 0 atom stereocenters. The summed E-state index contributed by atoms with van der Waals surface area (Å²) in [6.07, 6.45) is -2.85. The van der Waals surface area contributed by atoms with Crippen LogP contribution in [0.25, 0.3) is 33.3 Å². The second-order valence-electron chi connectivity index (χ2n) is 9.62. The van der Waals surface area contributed by atoms with Crippen LogP contribution < -0.4 is 16.6 Å². The van der Waals surface area contributed by atoms with Crippen molar-refractivity contribution < 1.29 is 22.9 Å². The number of primary amides is 1. The molecule has 5 aromatic rings. The Bertz CT molecular complexity index is 1880. The average molecular weight is 560 g/mol. The van der Waals surface area contributed by atoms with Gasteiger partial charge in [0.2, 0.25) is 5.91 Å². The van der Waals surface area contributed by atoms with Crippen molar-refractivity contribution in [3.63, 3.8) is 0 Å². The van der Waals surface area contributed by atoms with E-state index in [0.29, 0.717) is 33.8 Å². The lowest BCUT2D eigenvalue weighted by Crippen LogP contribution is -2.17. The number of pyridine rings is 1.